The molecule has 0 aromatic heterocycles. The maximum absolute atomic E-state index is 12.9. The number of nitrogens with zero attached hydrogens (tertiary/aromatic N) is 2. The van der Waals surface area contributed by atoms with Crippen molar-refractivity contribution >= 4 is 23.1 Å². The van der Waals surface area contributed by atoms with E-state index in [1.54, 1.807) is 37.4 Å². The van der Waals surface area contributed by atoms with Crippen molar-refractivity contribution in [1.29, 1.82) is 0 Å². The second kappa shape index (κ2) is 15.7. The average Bonchev–Trinajstić information content (AvgIpc) is 3.19. The number of rotatable bonds is 8. The van der Waals surface area contributed by atoms with E-state index in [-0.39, 0.29) is 5.91 Å². The number of amides is 1. The number of ether oxygens (including phenoxy) is 1. The number of carboxylic acid groups (broad SMARTS) is 1. The second-order valence-electron chi connectivity index (χ2n) is 10.7. The van der Waals surface area contributed by atoms with Gasteiger partial charge in [-0.05, 0) is 78.8 Å². The van der Waals surface area contributed by atoms with Crippen molar-refractivity contribution in [2.45, 2.75) is 43.2 Å². The minimum atomic E-state index is -1.41. The van der Waals surface area contributed by atoms with Crippen LogP contribution in [0, 0.1) is 5.92 Å². The Morgan fingerprint density at radius 1 is 1.00 bits per heavy atom. The van der Waals surface area contributed by atoms with Gasteiger partial charge in [0.1, 0.15) is 11.5 Å². The Morgan fingerprint density at radius 3 is 2.31 bits per heavy atom. The minimum Gasteiger partial charge on any atom is -0.611 e. The summed E-state index contributed by atoms with van der Waals surface area (Å²) >= 11 is -1.07. The number of hydrogen-bond acceptors (Lipinski definition) is 6. The summed E-state index contributed by atoms with van der Waals surface area (Å²) < 4.78 is 17.9. The van der Waals surface area contributed by atoms with Gasteiger partial charge in [-0.15, -0.1) is 0 Å². The summed E-state index contributed by atoms with van der Waals surface area (Å²) in [6, 6.07) is 24.6. The highest BCUT2D eigenvalue weighted by atomic mass is 32.2. The Morgan fingerprint density at radius 2 is 1.67 bits per heavy atom. The molecule has 3 aromatic carbocycles. The predicted molar refractivity (Wildman–Crippen MR) is 163 cm³/mol. The topological polar surface area (TPSA) is 113 Å². The SMILES string of the molecule is COc1ccc2c(c1)CN(C(=O)CCN1CCC(Cc3ccccc3)CC1)CC[S@@+]2[O-].O=C(O)[C@H](O)c1ccccc1. The minimum absolute atomic E-state index is 0.152. The molecule has 2 aliphatic heterocycles. The molecular weight excluding hydrogens is 552 g/mol. The first-order valence-electron chi connectivity index (χ1n) is 14.4. The summed E-state index contributed by atoms with van der Waals surface area (Å²) in [5.41, 5.74) is 2.76. The summed E-state index contributed by atoms with van der Waals surface area (Å²) in [5, 5.41) is 17.4. The number of carbonyl (C=O) groups excluding carboxylic acids is 1. The van der Waals surface area contributed by atoms with Crippen LogP contribution in [-0.4, -0.2) is 75.5 Å². The third-order valence-electron chi connectivity index (χ3n) is 7.84. The number of fused-ring (bicyclic) bond motifs is 1. The van der Waals surface area contributed by atoms with Gasteiger partial charge in [-0.2, -0.15) is 0 Å². The number of aliphatic hydroxyl groups excluding tert-OH is 1. The first-order valence-corrected chi connectivity index (χ1v) is 15.7. The number of methoxy groups -OCH3 is 1. The van der Waals surface area contributed by atoms with Crippen LogP contribution in [0.4, 0.5) is 0 Å². The third-order valence-corrected chi connectivity index (χ3v) is 9.28. The van der Waals surface area contributed by atoms with Gasteiger partial charge in [-0.3, -0.25) is 4.79 Å². The molecule has 2 heterocycles. The quantitative estimate of drug-likeness (QED) is 0.375. The number of carboxylic acids is 1. The molecule has 42 heavy (non-hydrogen) atoms. The zero-order valence-electron chi connectivity index (χ0n) is 24.1. The summed E-state index contributed by atoms with van der Waals surface area (Å²) in [4.78, 5) is 28.3. The Bertz CT molecular complexity index is 1280. The lowest BCUT2D eigenvalue weighted by molar-refractivity contribution is -0.147. The van der Waals surface area contributed by atoms with Gasteiger partial charge in [0.25, 0.3) is 0 Å². The van der Waals surface area contributed by atoms with Crippen LogP contribution < -0.4 is 4.74 Å². The Hall–Kier alpha value is -3.37. The molecule has 1 amide bonds. The van der Waals surface area contributed by atoms with Gasteiger partial charge in [-0.1, -0.05) is 60.7 Å². The largest absolute Gasteiger partial charge is 0.611 e. The monoisotopic (exact) mass is 592 g/mol. The van der Waals surface area contributed by atoms with Gasteiger partial charge in [0, 0.05) is 18.5 Å². The van der Waals surface area contributed by atoms with Crippen molar-refractivity contribution in [1.82, 2.24) is 9.80 Å². The first kappa shape index (κ1) is 31.6. The third kappa shape index (κ3) is 9.06. The van der Waals surface area contributed by atoms with Crippen molar-refractivity contribution in [2.75, 3.05) is 39.0 Å². The maximum atomic E-state index is 12.9. The van der Waals surface area contributed by atoms with Gasteiger partial charge in [0.15, 0.2) is 11.0 Å². The van der Waals surface area contributed by atoms with Crippen LogP contribution in [0.2, 0.25) is 0 Å². The fourth-order valence-electron chi connectivity index (χ4n) is 5.38. The fraction of sp³-hybridized carbons (Fsp3) is 0.394. The Kier molecular flexibility index (Phi) is 11.8. The van der Waals surface area contributed by atoms with E-state index in [2.05, 4.69) is 35.2 Å². The number of benzene rings is 3. The number of hydrogen-bond donors (Lipinski definition) is 2. The normalized spacial score (nSPS) is 18.2. The van der Waals surface area contributed by atoms with Crippen LogP contribution in [0.5, 0.6) is 5.75 Å². The highest BCUT2D eigenvalue weighted by Gasteiger charge is 2.28. The standard InChI is InChI=1S/C25H32N2O3S.C8H8O3/c1-30-23-7-8-24-22(18-23)19-27(15-16-31(24)29)25(28)11-14-26-12-9-21(10-13-26)17-20-5-3-2-4-6-20;9-7(8(10)11)6-4-2-1-3-5-6/h2-8,18,21H,9-17,19H2,1H3;1-5,7,9H,(H,10,11)/t31-;7-/m11/s1. The van der Waals surface area contributed by atoms with Crippen LogP contribution in [-0.2, 0) is 33.7 Å². The summed E-state index contributed by atoms with van der Waals surface area (Å²) in [6.45, 7) is 3.99. The maximum Gasteiger partial charge on any atom is 0.337 e. The van der Waals surface area contributed by atoms with E-state index in [0.29, 0.717) is 30.8 Å². The molecule has 0 radical (unpaired) electrons. The van der Waals surface area contributed by atoms with E-state index in [1.807, 2.05) is 23.1 Å². The highest BCUT2D eigenvalue weighted by molar-refractivity contribution is 7.91. The molecule has 224 valence electrons. The molecule has 2 N–H and O–H groups in total. The molecular formula is C33H40N2O6S. The van der Waals surface area contributed by atoms with Gasteiger partial charge < -0.3 is 29.3 Å². The number of likely N-dealkylation sites (tertiary alicyclic amines) is 1. The van der Waals surface area contributed by atoms with E-state index in [1.165, 1.54) is 18.4 Å². The number of carbonyl (C=O) groups is 2. The van der Waals surface area contributed by atoms with E-state index >= 15 is 0 Å². The molecule has 3 aromatic rings. The molecule has 0 bridgehead atoms. The van der Waals surface area contributed by atoms with Crippen LogP contribution in [0.15, 0.2) is 83.8 Å². The van der Waals surface area contributed by atoms with E-state index in [4.69, 9.17) is 14.9 Å². The molecule has 1 fully saturated rings. The number of piperidine rings is 1. The number of aliphatic hydroxyl groups is 1. The zero-order chi connectivity index (χ0) is 29.9. The molecule has 2 atom stereocenters. The molecule has 5 rings (SSSR count). The van der Waals surface area contributed by atoms with Gasteiger partial charge in [0.05, 0.1) is 20.2 Å². The number of aliphatic carboxylic acids is 1. The first-order chi connectivity index (χ1) is 20.3. The summed E-state index contributed by atoms with van der Waals surface area (Å²) in [5.74, 6) is 0.899. The van der Waals surface area contributed by atoms with Crippen LogP contribution in [0.25, 0.3) is 0 Å². The fourth-order valence-corrected chi connectivity index (χ4v) is 6.62. The lowest BCUT2D eigenvalue weighted by Gasteiger charge is -2.32. The Balaban J connectivity index is 0.000000310. The average molecular weight is 593 g/mol. The smallest absolute Gasteiger partial charge is 0.337 e. The van der Waals surface area contributed by atoms with Gasteiger partial charge in [0.2, 0.25) is 5.91 Å². The summed E-state index contributed by atoms with van der Waals surface area (Å²) in [6.07, 6.45) is 2.66. The lowest BCUT2D eigenvalue weighted by atomic mass is 9.90. The predicted octanol–water partition coefficient (Wildman–Crippen LogP) is 4.29. The van der Waals surface area contributed by atoms with Crippen molar-refractivity contribution in [3.8, 4) is 5.75 Å². The molecule has 9 heteroatoms. The van der Waals surface area contributed by atoms with E-state index in [0.717, 1.165) is 48.2 Å². The zero-order valence-corrected chi connectivity index (χ0v) is 24.9. The van der Waals surface area contributed by atoms with Crippen LogP contribution in [0.3, 0.4) is 0 Å². The van der Waals surface area contributed by atoms with E-state index in [9.17, 15) is 14.1 Å². The van der Waals surface area contributed by atoms with Gasteiger partial charge in [-0.25, -0.2) is 4.79 Å². The van der Waals surface area contributed by atoms with Crippen molar-refractivity contribution in [3.63, 3.8) is 0 Å². The highest BCUT2D eigenvalue weighted by Crippen LogP contribution is 2.27. The summed E-state index contributed by atoms with van der Waals surface area (Å²) in [7, 11) is 1.63. The Labute approximate surface area is 251 Å². The van der Waals surface area contributed by atoms with Gasteiger partial charge >= 0.3 is 5.97 Å². The molecule has 1 saturated heterocycles. The second-order valence-corrected chi connectivity index (χ2v) is 12.3. The van der Waals surface area contributed by atoms with Crippen molar-refractivity contribution in [3.05, 3.63) is 95.6 Å². The van der Waals surface area contributed by atoms with Crippen molar-refractivity contribution < 1.29 is 29.1 Å². The molecule has 0 spiro atoms. The molecule has 0 unspecified atom stereocenters. The van der Waals surface area contributed by atoms with Crippen LogP contribution in [0.1, 0.15) is 42.1 Å². The van der Waals surface area contributed by atoms with Crippen molar-refractivity contribution in [2.24, 2.45) is 5.92 Å². The molecule has 8 nitrogen and oxygen atoms in total. The van der Waals surface area contributed by atoms with E-state index < -0.39 is 23.2 Å². The molecule has 0 saturated carbocycles. The van der Waals surface area contributed by atoms with Crippen LogP contribution >= 0.6 is 0 Å². The lowest BCUT2D eigenvalue weighted by Crippen LogP contribution is -2.39. The molecule has 0 aliphatic carbocycles. The molecule has 2 aliphatic rings.